The van der Waals surface area contributed by atoms with Gasteiger partial charge >= 0.3 is 5.97 Å². The molecule has 0 aromatic heterocycles. The Hall–Kier alpha value is -3.68. The van der Waals surface area contributed by atoms with E-state index in [1.54, 1.807) is 48.5 Å². The van der Waals surface area contributed by atoms with Crippen LogP contribution in [0.15, 0.2) is 48.5 Å². The molecular formula is C20H16N2O6. The molecule has 4 rings (SSSR count). The summed E-state index contributed by atoms with van der Waals surface area (Å²) >= 11 is 0. The largest absolute Gasteiger partial charge is 0.482 e. The van der Waals surface area contributed by atoms with Crippen molar-refractivity contribution in [3.63, 3.8) is 0 Å². The first-order valence-electron chi connectivity index (χ1n) is 8.69. The van der Waals surface area contributed by atoms with Crippen LogP contribution in [0.2, 0.25) is 0 Å². The Morgan fingerprint density at radius 1 is 0.929 bits per heavy atom. The SMILES string of the molecule is O=C(CCN1C(=O)COc2ccccc21)OCN1C(=O)c2ccccc2C1=O. The molecule has 2 aromatic rings. The lowest BCUT2D eigenvalue weighted by atomic mass is 10.1. The molecule has 0 spiro atoms. The van der Waals surface area contributed by atoms with Crippen LogP contribution < -0.4 is 9.64 Å². The number of amides is 3. The summed E-state index contributed by atoms with van der Waals surface area (Å²) in [7, 11) is 0. The molecule has 0 saturated carbocycles. The zero-order chi connectivity index (χ0) is 19.7. The molecule has 0 radical (unpaired) electrons. The molecule has 0 aliphatic carbocycles. The molecule has 2 aliphatic rings. The lowest BCUT2D eigenvalue weighted by Gasteiger charge is -2.29. The van der Waals surface area contributed by atoms with E-state index in [9.17, 15) is 19.2 Å². The van der Waals surface area contributed by atoms with E-state index >= 15 is 0 Å². The minimum Gasteiger partial charge on any atom is -0.482 e. The quantitative estimate of drug-likeness (QED) is 0.578. The minimum absolute atomic E-state index is 0.0801. The van der Waals surface area contributed by atoms with E-state index in [-0.39, 0.29) is 25.5 Å². The topological polar surface area (TPSA) is 93.2 Å². The number of carbonyl (C=O) groups excluding carboxylic acids is 4. The molecule has 0 fully saturated rings. The molecule has 0 bridgehead atoms. The van der Waals surface area contributed by atoms with E-state index in [4.69, 9.17) is 9.47 Å². The molecule has 28 heavy (non-hydrogen) atoms. The monoisotopic (exact) mass is 380 g/mol. The van der Waals surface area contributed by atoms with Crippen molar-refractivity contribution in [1.29, 1.82) is 0 Å². The summed E-state index contributed by atoms with van der Waals surface area (Å²) in [5, 5.41) is 0. The highest BCUT2D eigenvalue weighted by atomic mass is 16.5. The highest BCUT2D eigenvalue weighted by Gasteiger charge is 2.35. The van der Waals surface area contributed by atoms with Gasteiger partial charge in [-0.05, 0) is 24.3 Å². The van der Waals surface area contributed by atoms with Crippen LogP contribution in [0.1, 0.15) is 27.1 Å². The first-order valence-corrected chi connectivity index (χ1v) is 8.69. The average Bonchev–Trinajstić information content (AvgIpc) is 2.96. The molecule has 2 heterocycles. The Morgan fingerprint density at radius 2 is 1.57 bits per heavy atom. The van der Waals surface area contributed by atoms with Crippen molar-refractivity contribution < 1.29 is 28.7 Å². The van der Waals surface area contributed by atoms with E-state index in [1.807, 2.05) is 0 Å². The molecular weight excluding hydrogens is 364 g/mol. The van der Waals surface area contributed by atoms with Gasteiger partial charge in [-0.25, -0.2) is 4.90 Å². The molecule has 8 heteroatoms. The fourth-order valence-corrected chi connectivity index (χ4v) is 3.17. The van der Waals surface area contributed by atoms with Gasteiger partial charge in [0, 0.05) is 6.54 Å². The third-order valence-electron chi connectivity index (χ3n) is 4.58. The second kappa shape index (κ2) is 7.15. The number of imide groups is 1. The van der Waals surface area contributed by atoms with Gasteiger partial charge < -0.3 is 14.4 Å². The van der Waals surface area contributed by atoms with Crippen molar-refractivity contribution in [2.24, 2.45) is 0 Å². The van der Waals surface area contributed by atoms with Crippen molar-refractivity contribution >= 4 is 29.4 Å². The molecule has 3 amide bonds. The average molecular weight is 380 g/mol. The maximum Gasteiger partial charge on any atom is 0.309 e. The van der Waals surface area contributed by atoms with E-state index in [0.29, 0.717) is 22.6 Å². The predicted octanol–water partition coefficient (Wildman–Crippen LogP) is 1.60. The number of fused-ring (bicyclic) bond motifs is 2. The number of hydrogen-bond acceptors (Lipinski definition) is 6. The third kappa shape index (κ3) is 3.09. The Morgan fingerprint density at radius 3 is 2.29 bits per heavy atom. The molecule has 0 saturated heterocycles. The number of nitrogens with zero attached hydrogens (tertiary/aromatic N) is 2. The number of hydrogen-bond donors (Lipinski definition) is 0. The van der Waals surface area contributed by atoms with Crippen LogP contribution in [-0.2, 0) is 14.3 Å². The maximum atomic E-state index is 12.3. The van der Waals surface area contributed by atoms with Crippen molar-refractivity contribution in [3.05, 3.63) is 59.7 Å². The molecule has 0 N–H and O–H groups in total. The predicted molar refractivity (Wildman–Crippen MR) is 96.8 cm³/mol. The highest BCUT2D eigenvalue weighted by molar-refractivity contribution is 6.21. The maximum absolute atomic E-state index is 12.3. The van der Waals surface area contributed by atoms with E-state index in [2.05, 4.69) is 0 Å². The van der Waals surface area contributed by atoms with Crippen molar-refractivity contribution in [1.82, 2.24) is 4.90 Å². The zero-order valence-corrected chi connectivity index (χ0v) is 14.8. The Labute approximate surface area is 160 Å². The highest BCUT2D eigenvalue weighted by Crippen LogP contribution is 2.31. The van der Waals surface area contributed by atoms with Gasteiger partial charge in [0.15, 0.2) is 13.3 Å². The smallest absolute Gasteiger partial charge is 0.309 e. The summed E-state index contributed by atoms with van der Waals surface area (Å²) in [4.78, 5) is 51.1. The second-order valence-electron chi connectivity index (χ2n) is 6.28. The van der Waals surface area contributed by atoms with Crippen molar-refractivity contribution in [3.8, 4) is 5.75 Å². The first kappa shape index (κ1) is 17.7. The van der Waals surface area contributed by atoms with Crippen LogP contribution in [0.5, 0.6) is 5.75 Å². The Balaban J connectivity index is 1.34. The summed E-state index contributed by atoms with van der Waals surface area (Å²) in [6.07, 6.45) is -0.0801. The van der Waals surface area contributed by atoms with Gasteiger partial charge in [0.25, 0.3) is 17.7 Å². The lowest BCUT2D eigenvalue weighted by molar-refractivity contribution is -0.146. The Bertz CT molecular complexity index is 951. The standard InChI is InChI=1S/C20H16N2O6/c23-17-11-27-16-8-4-3-7-15(16)21(17)10-9-18(24)28-12-22-19(25)13-5-1-2-6-14(13)20(22)26/h1-8H,9-12H2. The van der Waals surface area contributed by atoms with Gasteiger partial charge in [0.2, 0.25) is 0 Å². The summed E-state index contributed by atoms with van der Waals surface area (Å²) in [6.45, 7) is -0.444. The normalized spacial score (nSPS) is 15.2. The number of carbonyl (C=O) groups is 4. The number of esters is 1. The van der Waals surface area contributed by atoms with Gasteiger partial charge in [-0.1, -0.05) is 24.3 Å². The number of rotatable bonds is 5. The second-order valence-corrected chi connectivity index (χ2v) is 6.28. The van der Waals surface area contributed by atoms with Crippen LogP contribution in [0.25, 0.3) is 0 Å². The first-order chi connectivity index (χ1) is 13.6. The van der Waals surface area contributed by atoms with Gasteiger partial charge in [0.1, 0.15) is 5.75 Å². The number of anilines is 1. The molecule has 8 nitrogen and oxygen atoms in total. The van der Waals surface area contributed by atoms with Crippen molar-refractivity contribution in [2.75, 3.05) is 24.8 Å². The van der Waals surface area contributed by atoms with Crippen LogP contribution in [0, 0.1) is 0 Å². The molecule has 142 valence electrons. The summed E-state index contributed by atoms with van der Waals surface area (Å²) in [6, 6.07) is 13.5. The van der Waals surface area contributed by atoms with E-state index < -0.39 is 24.5 Å². The summed E-state index contributed by atoms with van der Waals surface area (Å²) in [5.41, 5.74) is 1.17. The van der Waals surface area contributed by atoms with E-state index in [1.165, 1.54) is 4.90 Å². The number of benzene rings is 2. The van der Waals surface area contributed by atoms with Crippen LogP contribution in [0.3, 0.4) is 0 Å². The Kier molecular flexibility index (Phi) is 4.52. The van der Waals surface area contributed by atoms with Crippen LogP contribution in [0.4, 0.5) is 5.69 Å². The van der Waals surface area contributed by atoms with Crippen LogP contribution in [-0.4, -0.2) is 48.5 Å². The van der Waals surface area contributed by atoms with E-state index in [0.717, 1.165) is 4.90 Å². The lowest BCUT2D eigenvalue weighted by Crippen LogP contribution is -2.40. The van der Waals surface area contributed by atoms with Gasteiger partial charge in [-0.3, -0.25) is 19.2 Å². The fraction of sp³-hybridized carbons (Fsp3) is 0.200. The molecule has 0 unspecified atom stereocenters. The minimum atomic E-state index is -0.617. The number of ether oxygens (including phenoxy) is 2. The summed E-state index contributed by atoms with van der Waals surface area (Å²) in [5.74, 6) is -1.29. The zero-order valence-electron chi connectivity index (χ0n) is 14.8. The van der Waals surface area contributed by atoms with Gasteiger partial charge in [-0.2, -0.15) is 0 Å². The molecule has 2 aromatic carbocycles. The van der Waals surface area contributed by atoms with Crippen LogP contribution >= 0.6 is 0 Å². The van der Waals surface area contributed by atoms with Gasteiger partial charge in [-0.15, -0.1) is 0 Å². The fourth-order valence-electron chi connectivity index (χ4n) is 3.17. The van der Waals surface area contributed by atoms with Crippen molar-refractivity contribution in [2.45, 2.75) is 6.42 Å². The van der Waals surface area contributed by atoms with Gasteiger partial charge in [0.05, 0.1) is 23.2 Å². The molecule has 2 aliphatic heterocycles. The summed E-state index contributed by atoms with van der Waals surface area (Å²) < 4.78 is 10.4. The molecule has 0 atom stereocenters. The number of para-hydroxylation sites is 2. The third-order valence-corrected chi connectivity index (χ3v) is 4.58.